The van der Waals surface area contributed by atoms with Crippen molar-refractivity contribution in [1.29, 1.82) is 0 Å². The third kappa shape index (κ3) is 2.80. The summed E-state index contributed by atoms with van der Waals surface area (Å²) in [4.78, 5) is 10.3. The Hall–Kier alpha value is -1.41. The molecule has 0 fully saturated rings. The van der Waals surface area contributed by atoms with E-state index in [9.17, 15) is 13.2 Å². The van der Waals surface area contributed by atoms with Crippen LogP contribution < -0.4 is 4.72 Å². The molecule has 1 aromatic rings. The standard InChI is InChI=1S/C8H13N3O4S/c1-6-5-9-11(2)8(6)16(14,15)10-4-3-7(12)13/h5,10H,3-4H2,1-2H3,(H,12,13). The molecular formula is C8H13N3O4S. The first kappa shape index (κ1) is 12.7. The van der Waals surface area contributed by atoms with Crippen molar-refractivity contribution in [2.45, 2.75) is 18.4 Å². The number of hydrogen-bond donors (Lipinski definition) is 2. The van der Waals surface area contributed by atoms with E-state index in [2.05, 4.69) is 9.82 Å². The van der Waals surface area contributed by atoms with Crippen LogP contribution in [0.4, 0.5) is 0 Å². The van der Waals surface area contributed by atoms with Crippen LogP contribution in [0, 0.1) is 6.92 Å². The Morgan fingerprint density at radius 1 is 1.62 bits per heavy atom. The number of aromatic nitrogens is 2. The quantitative estimate of drug-likeness (QED) is 0.729. The lowest BCUT2D eigenvalue weighted by Crippen LogP contribution is -2.28. The van der Waals surface area contributed by atoms with Gasteiger partial charge in [-0.25, -0.2) is 13.1 Å². The lowest BCUT2D eigenvalue weighted by atomic mass is 10.4. The van der Waals surface area contributed by atoms with Crippen LogP contribution in [-0.2, 0) is 21.9 Å². The molecule has 0 unspecified atom stereocenters. The van der Waals surface area contributed by atoms with Gasteiger partial charge in [0, 0.05) is 19.2 Å². The molecule has 0 spiro atoms. The first-order valence-electron chi connectivity index (χ1n) is 4.54. The summed E-state index contributed by atoms with van der Waals surface area (Å²) in [5, 5.41) is 12.3. The van der Waals surface area contributed by atoms with Gasteiger partial charge >= 0.3 is 5.97 Å². The molecule has 0 saturated heterocycles. The van der Waals surface area contributed by atoms with E-state index in [-0.39, 0.29) is 18.0 Å². The highest BCUT2D eigenvalue weighted by atomic mass is 32.2. The minimum Gasteiger partial charge on any atom is -0.481 e. The summed E-state index contributed by atoms with van der Waals surface area (Å²) in [5.74, 6) is -1.05. The van der Waals surface area contributed by atoms with Crippen molar-refractivity contribution in [3.8, 4) is 0 Å². The van der Waals surface area contributed by atoms with Gasteiger partial charge < -0.3 is 5.11 Å². The Morgan fingerprint density at radius 2 is 2.25 bits per heavy atom. The van der Waals surface area contributed by atoms with E-state index >= 15 is 0 Å². The number of nitrogens with zero attached hydrogens (tertiary/aromatic N) is 2. The fraction of sp³-hybridized carbons (Fsp3) is 0.500. The van der Waals surface area contributed by atoms with E-state index in [1.165, 1.54) is 17.9 Å². The lowest BCUT2D eigenvalue weighted by Gasteiger charge is -2.06. The van der Waals surface area contributed by atoms with E-state index in [0.29, 0.717) is 5.56 Å². The summed E-state index contributed by atoms with van der Waals surface area (Å²) in [6, 6.07) is 0. The second-order valence-electron chi connectivity index (χ2n) is 3.30. The van der Waals surface area contributed by atoms with Gasteiger partial charge in [-0.2, -0.15) is 5.10 Å². The molecule has 1 heterocycles. The summed E-state index contributed by atoms with van der Waals surface area (Å²) in [6.07, 6.45) is 1.18. The normalized spacial score (nSPS) is 11.6. The van der Waals surface area contributed by atoms with Crippen LogP contribution in [-0.4, -0.2) is 35.8 Å². The fourth-order valence-electron chi connectivity index (χ4n) is 1.28. The van der Waals surface area contributed by atoms with E-state index < -0.39 is 16.0 Å². The molecule has 0 aliphatic carbocycles. The van der Waals surface area contributed by atoms with Gasteiger partial charge in [0.15, 0.2) is 5.03 Å². The Bertz CT molecular complexity index is 472. The fourth-order valence-corrected chi connectivity index (χ4v) is 2.66. The summed E-state index contributed by atoms with van der Waals surface area (Å²) in [5.41, 5.74) is 0.519. The Balaban J connectivity index is 2.83. The minimum absolute atomic E-state index is 0.0536. The molecule has 0 aliphatic rings. The highest BCUT2D eigenvalue weighted by molar-refractivity contribution is 7.89. The van der Waals surface area contributed by atoms with Crippen LogP contribution in [0.25, 0.3) is 0 Å². The summed E-state index contributed by atoms with van der Waals surface area (Å²) in [6.45, 7) is 1.49. The molecule has 8 heteroatoms. The van der Waals surface area contributed by atoms with Crippen molar-refractivity contribution < 1.29 is 18.3 Å². The second kappa shape index (κ2) is 4.62. The first-order chi connectivity index (χ1) is 7.34. The highest BCUT2D eigenvalue weighted by Gasteiger charge is 2.20. The lowest BCUT2D eigenvalue weighted by molar-refractivity contribution is -0.136. The average molecular weight is 247 g/mol. The number of aryl methyl sites for hydroxylation is 2. The van der Waals surface area contributed by atoms with Gasteiger partial charge in [-0.15, -0.1) is 0 Å². The molecule has 0 radical (unpaired) electrons. The summed E-state index contributed by atoms with van der Waals surface area (Å²) < 4.78 is 26.9. The predicted octanol–water partition coefficient (Wildman–Crippen LogP) is -0.518. The number of carboxylic acid groups (broad SMARTS) is 1. The predicted molar refractivity (Wildman–Crippen MR) is 55.4 cm³/mol. The largest absolute Gasteiger partial charge is 0.481 e. The summed E-state index contributed by atoms with van der Waals surface area (Å²) >= 11 is 0. The van der Waals surface area contributed by atoms with Crippen molar-refractivity contribution in [1.82, 2.24) is 14.5 Å². The molecule has 16 heavy (non-hydrogen) atoms. The molecule has 90 valence electrons. The van der Waals surface area contributed by atoms with Gasteiger partial charge in [0.25, 0.3) is 10.0 Å². The molecule has 0 saturated carbocycles. The van der Waals surface area contributed by atoms with Gasteiger partial charge in [-0.05, 0) is 6.92 Å². The maximum atomic E-state index is 11.8. The molecule has 2 N–H and O–H groups in total. The maximum absolute atomic E-state index is 11.8. The number of sulfonamides is 1. The van der Waals surface area contributed by atoms with Gasteiger partial charge in [0.2, 0.25) is 0 Å². The van der Waals surface area contributed by atoms with Gasteiger partial charge in [-0.1, -0.05) is 0 Å². The molecular weight excluding hydrogens is 234 g/mol. The van der Waals surface area contributed by atoms with E-state index in [1.807, 2.05) is 0 Å². The number of carboxylic acids is 1. The van der Waals surface area contributed by atoms with Crippen molar-refractivity contribution >= 4 is 16.0 Å². The Kier molecular flexibility index (Phi) is 3.66. The highest BCUT2D eigenvalue weighted by Crippen LogP contribution is 2.12. The average Bonchev–Trinajstić information content (AvgIpc) is 2.45. The number of carbonyl (C=O) groups is 1. The summed E-state index contributed by atoms with van der Waals surface area (Å²) in [7, 11) is -2.17. The Morgan fingerprint density at radius 3 is 2.69 bits per heavy atom. The molecule has 7 nitrogen and oxygen atoms in total. The van der Waals surface area contributed by atoms with Crippen molar-refractivity contribution in [3.63, 3.8) is 0 Å². The number of hydrogen-bond acceptors (Lipinski definition) is 4. The van der Waals surface area contributed by atoms with Crippen LogP contribution in [0.2, 0.25) is 0 Å². The number of rotatable bonds is 5. The molecule has 0 amide bonds. The van der Waals surface area contributed by atoms with E-state index in [0.717, 1.165) is 0 Å². The molecule has 1 rings (SSSR count). The third-order valence-electron chi connectivity index (χ3n) is 1.94. The van der Waals surface area contributed by atoms with Gasteiger partial charge in [-0.3, -0.25) is 9.48 Å². The number of aliphatic carboxylic acids is 1. The zero-order chi connectivity index (χ0) is 12.3. The van der Waals surface area contributed by atoms with E-state index in [4.69, 9.17) is 5.11 Å². The van der Waals surface area contributed by atoms with Gasteiger partial charge in [0.05, 0.1) is 12.6 Å². The van der Waals surface area contributed by atoms with Crippen LogP contribution in [0.5, 0.6) is 0 Å². The molecule has 1 aromatic heterocycles. The topological polar surface area (TPSA) is 101 Å². The minimum atomic E-state index is -3.69. The van der Waals surface area contributed by atoms with Crippen LogP contribution in [0.15, 0.2) is 11.2 Å². The van der Waals surface area contributed by atoms with Crippen LogP contribution in [0.3, 0.4) is 0 Å². The molecule has 0 bridgehead atoms. The van der Waals surface area contributed by atoms with Crippen LogP contribution in [0.1, 0.15) is 12.0 Å². The number of nitrogens with one attached hydrogen (secondary N) is 1. The Labute approximate surface area is 93.1 Å². The van der Waals surface area contributed by atoms with E-state index in [1.54, 1.807) is 6.92 Å². The molecule has 0 atom stereocenters. The molecule has 0 aromatic carbocycles. The third-order valence-corrected chi connectivity index (χ3v) is 3.62. The van der Waals surface area contributed by atoms with Gasteiger partial charge in [0.1, 0.15) is 0 Å². The smallest absolute Gasteiger partial charge is 0.304 e. The van der Waals surface area contributed by atoms with Crippen molar-refractivity contribution in [2.24, 2.45) is 7.05 Å². The van der Waals surface area contributed by atoms with Crippen molar-refractivity contribution in [2.75, 3.05) is 6.54 Å². The monoisotopic (exact) mass is 247 g/mol. The maximum Gasteiger partial charge on any atom is 0.304 e. The van der Waals surface area contributed by atoms with Crippen LogP contribution >= 0.6 is 0 Å². The molecule has 0 aliphatic heterocycles. The zero-order valence-corrected chi connectivity index (χ0v) is 9.78. The SMILES string of the molecule is Cc1cnn(C)c1S(=O)(=O)NCCC(=O)O. The zero-order valence-electron chi connectivity index (χ0n) is 8.97. The first-order valence-corrected chi connectivity index (χ1v) is 6.03. The second-order valence-corrected chi connectivity index (χ2v) is 4.98. The van der Waals surface area contributed by atoms with Crippen molar-refractivity contribution in [3.05, 3.63) is 11.8 Å².